The van der Waals surface area contributed by atoms with E-state index >= 15 is 0 Å². The fourth-order valence-corrected chi connectivity index (χ4v) is 2.62. The maximum absolute atomic E-state index is 11.6. The van der Waals surface area contributed by atoms with Crippen molar-refractivity contribution in [2.45, 2.75) is 25.9 Å². The van der Waals surface area contributed by atoms with Gasteiger partial charge in [0.05, 0.1) is 12.1 Å². The topological polar surface area (TPSA) is 75.1 Å². The zero-order valence-corrected chi connectivity index (χ0v) is 11.7. The molecule has 1 unspecified atom stereocenters. The van der Waals surface area contributed by atoms with Gasteiger partial charge in [-0.15, -0.1) is 0 Å². The molecule has 1 aromatic carbocycles. The Bertz CT molecular complexity index is 567. The molecule has 0 fully saturated rings. The van der Waals surface area contributed by atoms with Crippen molar-refractivity contribution in [3.63, 3.8) is 0 Å². The molecule has 1 atom stereocenters. The second kappa shape index (κ2) is 4.63. The lowest BCUT2D eigenvalue weighted by atomic mass is 9.98. The SMILES string of the molecule is CC(=O)c1cc(Br)cc2c1OC(C)(CN=[N+]=[N-])C2. The van der Waals surface area contributed by atoms with E-state index in [1.54, 1.807) is 6.07 Å². The van der Waals surface area contributed by atoms with Crippen LogP contribution in [0.2, 0.25) is 0 Å². The van der Waals surface area contributed by atoms with Crippen LogP contribution in [0.3, 0.4) is 0 Å². The Kier molecular flexibility index (Phi) is 3.32. The highest BCUT2D eigenvalue weighted by molar-refractivity contribution is 9.10. The molecule has 6 heteroatoms. The van der Waals surface area contributed by atoms with Crippen LogP contribution in [0.1, 0.15) is 29.8 Å². The predicted octanol–water partition coefficient (Wildman–Crippen LogP) is 3.66. The van der Waals surface area contributed by atoms with E-state index in [9.17, 15) is 4.79 Å². The van der Waals surface area contributed by atoms with Crippen LogP contribution < -0.4 is 4.74 Å². The van der Waals surface area contributed by atoms with Crippen LogP contribution in [0.15, 0.2) is 21.7 Å². The van der Waals surface area contributed by atoms with Gasteiger partial charge in [-0.3, -0.25) is 4.79 Å². The molecule has 0 aliphatic carbocycles. The van der Waals surface area contributed by atoms with Crippen molar-refractivity contribution in [2.75, 3.05) is 6.54 Å². The molecule has 0 saturated carbocycles. The molecule has 18 heavy (non-hydrogen) atoms. The third kappa shape index (κ3) is 2.35. The normalized spacial score (nSPS) is 20.8. The van der Waals surface area contributed by atoms with E-state index in [0.717, 1.165) is 10.0 Å². The number of halogens is 1. The second-order valence-electron chi connectivity index (χ2n) is 4.62. The number of carbonyl (C=O) groups excluding carboxylic acids is 1. The lowest BCUT2D eigenvalue weighted by molar-refractivity contribution is 0.0992. The molecule has 0 radical (unpaired) electrons. The highest BCUT2D eigenvalue weighted by atomic mass is 79.9. The van der Waals surface area contributed by atoms with Crippen LogP contribution >= 0.6 is 15.9 Å². The Balaban J connectivity index is 2.42. The Morgan fingerprint density at radius 1 is 1.67 bits per heavy atom. The first-order valence-electron chi connectivity index (χ1n) is 5.48. The Hall–Kier alpha value is -1.52. The van der Waals surface area contributed by atoms with Crippen molar-refractivity contribution in [3.05, 3.63) is 38.2 Å². The van der Waals surface area contributed by atoms with E-state index in [2.05, 4.69) is 26.0 Å². The highest BCUT2D eigenvalue weighted by Gasteiger charge is 2.36. The van der Waals surface area contributed by atoms with Crippen LogP contribution in [0, 0.1) is 0 Å². The van der Waals surface area contributed by atoms with Gasteiger partial charge < -0.3 is 4.74 Å². The van der Waals surface area contributed by atoms with Gasteiger partial charge in [0, 0.05) is 15.8 Å². The molecule has 5 nitrogen and oxygen atoms in total. The van der Waals surface area contributed by atoms with Crippen LogP contribution in [0.5, 0.6) is 5.75 Å². The van der Waals surface area contributed by atoms with Gasteiger partial charge >= 0.3 is 0 Å². The quantitative estimate of drug-likeness (QED) is 0.370. The minimum Gasteiger partial charge on any atom is -0.486 e. The molecular weight excluding hydrogens is 298 g/mol. The summed E-state index contributed by atoms with van der Waals surface area (Å²) in [6, 6.07) is 3.68. The number of nitrogens with zero attached hydrogens (tertiary/aromatic N) is 3. The van der Waals surface area contributed by atoms with Gasteiger partial charge in [-0.05, 0) is 37.1 Å². The molecular formula is C12H12BrN3O2. The zero-order valence-electron chi connectivity index (χ0n) is 10.1. The third-order valence-electron chi connectivity index (χ3n) is 2.89. The molecule has 1 heterocycles. The smallest absolute Gasteiger partial charge is 0.163 e. The molecule has 1 aliphatic rings. The van der Waals surface area contributed by atoms with E-state index in [0.29, 0.717) is 17.7 Å². The minimum absolute atomic E-state index is 0.0411. The van der Waals surface area contributed by atoms with Gasteiger partial charge in [0.15, 0.2) is 5.78 Å². The summed E-state index contributed by atoms with van der Waals surface area (Å²) >= 11 is 3.38. The maximum atomic E-state index is 11.6. The number of rotatable bonds is 3. The first kappa shape index (κ1) is 12.9. The standard InChI is InChI=1S/C12H12BrN3O2/c1-7(17)10-4-9(13)3-8-5-12(2,6-15-16-14)18-11(8)10/h3-4H,5-6H2,1-2H3. The van der Waals surface area contributed by atoms with Gasteiger partial charge in [-0.25, -0.2) is 0 Å². The first-order chi connectivity index (χ1) is 8.45. The molecule has 2 rings (SSSR count). The summed E-state index contributed by atoms with van der Waals surface area (Å²) in [7, 11) is 0. The van der Waals surface area contributed by atoms with Gasteiger partial charge in [-0.1, -0.05) is 21.0 Å². The molecule has 94 valence electrons. The monoisotopic (exact) mass is 309 g/mol. The van der Waals surface area contributed by atoms with Gasteiger partial charge in [0.25, 0.3) is 0 Å². The molecule has 0 aromatic heterocycles. The van der Waals surface area contributed by atoms with Crippen LogP contribution in [-0.4, -0.2) is 17.9 Å². The highest BCUT2D eigenvalue weighted by Crippen LogP contribution is 2.40. The van der Waals surface area contributed by atoms with Crippen molar-refractivity contribution in [2.24, 2.45) is 5.11 Å². The minimum atomic E-state index is -0.570. The van der Waals surface area contributed by atoms with Crippen molar-refractivity contribution < 1.29 is 9.53 Å². The summed E-state index contributed by atoms with van der Waals surface area (Å²) in [5.41, 5.74) is 9.34. The molecule has 0 bridgehead atoms. The van der Waals surface area contributed by atoms with E-state index in [1.165, 1.54) is 6.92 Å². The van der Waals surface area contributed by atoms with E-state index in [4.69, 9.17) is 10.3 Å². The number of carbonyl (C=O) groups is 1. The third-order valence-corrected chi connectivity index (χ3v) is 3.35. The summed E-state index contributed by atoms with van der Waals surface area (Å²) < 4.78 is 6.69. The lowest BCUT2D eigenvalue weighted by Crippen LogP contribution is -2.33. The van der Waals surface area contributed by atoms with Gasteiger partial charge in [0.1, 0.15) is 11.4 Å². The van der Waals surface area contributed by atoms with Gasteiger partial charge in [0.2, 0.25) is 0 Å². The summed E-state index contributed by atoms with van der Waals surface area (Å²) in [5.74, 6) is 0.571. The Morgan fingerprint density at radius 3 is 3.00 bits per heavy atom. The molecule has 0 amide bonds. The number of ketones is 1. The average Bonchev–Trinajstić information content (AvgIpc) is 2.62. The fraction of sp³-hybridized carbons (Fsp3) is 0.417. The number of Topliss-reactive ketones (excluding diaryl/α,β-unsaturated/α-hetero) is 1. The summed E-state index contributed by atoms with van der Waals surface area (Å²) in [6.07, 6.45) is 0.626. The average molecular weight is 310 g/mol. The van der Waals surface area contributed by atoms with Crippen molar-refractivity contribution in [3.8, 4) is 5.75 Å². The van der Waals surface area contributed by atoms with Crippen molar-refractivity contribution in [1.29, 1.82) is 0 Å². The second-order valence-corrected chi connectivity index (χ2v) is 5.53. The number of fused-ring (bicyclic) bond motifs is 1. The zero-order chi connectivity index (χ0) is 13.3. The Morgan fingerprint density at radius 2 is 2.39 bits per heavy atom. The Labute approximate surface area is 113 Å². The van der Waals surface area contributed by atoms with Crippen molar-refractivity contribution in [1.82, 2.24) is 0 Å². The fourth-order valence-electron chi connectivity index (χ4n) is 2.12. The summed E-state index contributed by atoms with van der Waals surface area (Å²) in [6.45, 7) is 3.63. The van der Waals surface area contributed by atoms with Gasteiger partial charge in [-0.2, -0.15) is 0 Å². The van der Waals surface area contributed by atoms with E-state index < -0.39 is 5.60 Å². The summed E-state index contributed by atoms with van der Waals surface area (Å²) in [5, 5.41) is 3.56. The maximum Gasteiger partial charge on any atom is 0.163 e. The lowest BCUT2D eigenvalue weighted by Gasteiger charge is -2.21. The number of hydrogen-bond donors (Lipinski definition) is 0. The summed E-state index contributed by atoms with van der Waals surface area (Å²) in [4.78, 5) is 14.4. The van der Waals surface area contributed by atoms with Crippen molar-refractivity contribution >= 4 is 21.7 Å². The van der Waals surface area contributed by atoms with E-state index in [1.807, 2.05) is 13.0 Å². The first-order valence-corrected chi connectivity index (χ1v) is 6.28. The van der Waals surface area contributed by atoms with Crippen LogP contribution in [-0.2, 0) is 6.42 Å². The molecule has 0 saturated heterocycles. The molecule has 1 aliphatic heterocycles. The molecule has 0 spiro atoms. The number of hydrogen-bond acceptors (Lipinski definition) is 3. The van der Waals surface area contributed by atoms with Crippen LogP contribution in [0.25, 0.3) is 10.4 Å². The number of azide groups is 1. The number of benzene rings is 1. The number of ether oxygens (including phenoxy) is 1. The molecule has 1 aromatic rings. The predicted molar refractivity (Wildman–Crippen MR) is 70.9 cm³/mol. The molecule has 0 N–H and O–H groups in total. The van der Waals surface area contributed by atoms with E-state index in [-0.39, 0.29) is 12.3 Å². The largest absolute Gasteiger partial charge is 0.486 e. The van der Waals surface area contributed by atoms with Crippen LogP contribution in [0.4, 0.5) is 0 Å².